The van der Waals surface area contributed by atoms with Crippen LogP contribution in [0.2, 0.25) is 5.02 Å². The smallest absolute Gasteiger partial charge is 0.254 e. The van der Waals surface area contributed by atoms with Crippen molar-refractivity contribution < 1.29 is 9.18 Å². The van der Waals surface area contributed by atoms with Gasteiger partial charge in [0.05, 0.1) is 5.56 Å². The lowest BCUT2D eigenvalue weighted by molar-refractivity contribution is 0.0943. The zero-order chi connectivity index (χ0) is 16.2. The molecular formula is C18H18ClFN2O. The van der Waals surface area contributed by atoms with Crippen molar-refractivity contribution in [3.8, 4) is 0 Å². The van der Waals surface area contributed by atoms with Crippen LogP contribution in [0, 0.1) is 5.82 Å². The first-order chi connectivity index (χ1) is 11.1. The highest BCUT2D eigenvalue weighted by Gasteiger charge is 2.16. The molecule has 2 aromatic carbocycles. The Morgan fingerprint density at radius 1 is 1.22 bits per heavy atom. The van der Waals surface area contributed by atoms with Crippen molar-refractivity contribution in [3.63, 3.8) is 0 Å². The lowest BCUT2D eigenvalue weighted by Gasteiger charge is -2.28. The zero-order valence-electron chi connectivity index (χ0n) is 12.7. The maximum Gasteiger partial charge on any atom is 0.254 e. The van der Waals surface area contributed by atoms with E-state index in [1.54, 1.807) is 0 Å². The maximum atomic E-state index is 13.6. The number of fused-ring (bicyclic) bond motifs is 1. The van der Waals surface area contributed by atoms with Crippen molar-refractivity contribution in [1.29, 1.82) is 0 Å². The summed E-state index contributed by atoms with van der Waals surface area (Å²) in [5.74, 6) is -0.985. The van der Waals surface area contributed by atoms with Crippen LogP contribution in [-0.4, -0.2) is 30.4 Å². The Bertz CT molecular complexity index is 720. The summed E-state index contributed by atoms with van der Waals surface area (Å²) in [5.41, 5.74) is 2.72. The SMILES string of the molecule is O=C(NCCN1CCc2ccccc2C1)c1cc(Cl)ccc1F. The quantitative estimate of drug-likeness (QED) is 0.932. The molecule has 0 aromatic heterocycles. The number of halogens is 2. The van der Waals surface area contributed by atoms with Gasteiger partial charge >= 0.3 is 0 Å². The lowest BCUT2D eigenvalue weighted by atomic mass is 10.00. The summed E-state index contributed by atoms with van der Waals surface area (Å²) in [6.45, 7) is 3.07. The van der Waals surface area contributed by atoms with Crippen LogP contribution in [0.4, 0.5) is 4.39 Å². The van der Waals surface area contributed by atoms with Crippen molar-refractivity contribution in [2.45, 2.75) is 13.0 Å². The van der Waals surface area contributed by atoms with Gasteiger partial charge in [-0.25, -0.2) is 4.39 Å². The summed E-state index contributed by atoms with van der Waals surface area (Å²) in [4.78, 5) is 14.3. The topological polar surface area (TPSA) is 32.3 Å². The summed E-state index contributed by atoms with van der Waals surface area (Å²) in [7, 11) is 0. The molecule has 0 saturated carbocycles. The first-order valence-electron chi connectivity index (χ1n) is 7.66. The van der Waals surface area contributed by atoms with E-state index in [0.717, 1.165) is 26.1 Å². The van der Waals surface area contributed by atoms with Gasteiger partial charge in [0, 0.05) is 31.2 Å². The van der Waals surface area contributed by atoms with E-state index >= 15 is 0 Å². The van der Waals surface area contributed by atoms with Crippen LogP contribution in [-0.2, 0) is 13.0 Å². The second-order valence-electron chi connectivity index (χ2n) is 5.67. The fourth-order valence-corrected chi connectivity index (χ4v) is 3.01. The van der Waals surface area contributed by atoms with Crippen molar-refractivity contribution in [2.24, 2.45) is 0 Å². The molecule has 0 bridgehead atoms. The third kappa shape index (κ3) is 3.89. The largest absolute Gasteiger partial charge is 0.351 e. The molecule has 0 aliphatic carbocycles. The molecule has 1 amide bonds. The fraction of sp³-hybridized carbons (Fsp3) is 0.278. The van der Waals surface area contributed by atoms with Gasteiger partial charge in [-0.2, -0.15) is 0 Å². The Morgan fingerprint density at radius 2 is 2.00 bits per heavy atom. The molecule has 0 radical (unpaired) electrons. The highest BCUT2D eigenvalue weighted by atomic mass is 35.5. The van der Waals surface area contributed by atoms with Gasteiger partial charge in [0.2, 0.25) is 0 Å². The third-order valence-corrected chi connectivity index (χ3v) is 4.33. The van der Waals surface area contributed by atoms with Crippen LogP contribution in [0.1, 0.15) is 21.5 Å². The van der Waals surface area contributed by atoms with E-state index in [1.807, 2.05) is 6.07 Å². The van der Waals surface area contributed by atoms with Crippen LogP contribution in [0.15, 0.2) is 42.5 Å². The number of hydrogen-bond donors (Lipinski definition) is 1. The monoisotopic (exact) mass is 332 g/mol. The van der Waals surface area contributed by atoms with E-state index < -0.39 is 11.7 Å². The molecule has 0 unspecified atom stereocenters. The minimum Gasteiger partial charge on any atom is -0.351 e. The van der Waals surface area contributed by atoms with E-state index in [1.165, 1.54) is 29.3 Å². The first-order valence-corrected chi connectivity index (χ1v) is 8.03. The fourth-order valence-electron chi connectivity index (χ4n) is 2.84. The highest BCUT2D eigenvalue weighted by Crippen LogP contribution is 2.18. The maximum absolute atomic E-state index is 13.6. The molecular weight excluding hydrogens is 315 g/mol. The van der Waals surface area contributed by atoms with Gasteiger partial charge in [-0.15, -0.1) is 0 Å². The number of benzene rings is 2. The molecule has 3 rings (SSSR count). The number of hydrogen-bond acceptors (Lipinski definition) is 2. The van der Waals surface area contributed by atoms with Gasteiger partial charge < -0.3 is 5.32 Å². The highest BCUT2D eigenvalue weighted by molar-refractivity contribution is 6.31. The average molecular weight is 333 g/mol. The predicted octanol–water partition coefficient (Wildman–Crippen LogP) is 3.27. The molecule has 1 aliphatic heterocycles. The molecule has 23 heavy (non-hydrogen) atoms. The van der Waals surface area contributed by atoms with Gasteiger partial charge in [-0.3, -0.25) is 9.69 Å². The number of nitrogens with zero attached hydrogens (tertiary/aromatic N) is 1. The van der Waals surface area contributed by atoms with Crippen molar-refractivity contribution in [1.82, 2.24) is 10.2 Å². The minimum absolute atomic E-state index is 0.0125. The van der Waals surface area contributed by atoms with Gasteiger partial charge in [0.1, 0.15) is 5.82 Å². The molecule has 1 heterocycles. The van der Waals surface area contributed by atoms with E-state index in [-0.39, 0.29) is 5.56 Å². The number of carbonyl (C=O) groups excluding carboxylic acids is 1. The van der Waals surface area contributed by atoms with Crippen molar-refractivity contribution in [3.05, 3.63) is 70.0 Å². The molecule has 0 atom stereocenters. The summed E-state index contributed by atoms with van der Waals surface area (Å²) in [5, 5.41) is 3.11. The Balaban J connectivity index is 1.52. The van der Waals surface area contributed by atoms with Gasteiger partial charge in [0.25, 0.3) is 5.91 Å². The number of nitrogens with one attached hydrogen (secondary N) is 1. The van der Waals surface area contributed by atoms with Crippen molar-refractivity contribution >= 4 is 17.5 Å². The Labute approximate surface area is 140 Å². The average Bonchev–Trinajstić information content (AvgIpc) is 2.57. The zero-order valence-corrected chi connectivity index (χ0v) is 13.4. The molecule has 0 saturated heterocycles. The predicted molar refractivity (Wildman–Crippen MR) is 89.2 cm³/mol. The van der Waals surface area contributed by atoms with Gasteiger partial charge in [0.15, 0.2) is 0 Å². The van der Waals surface area contributed by atoms with Crippen molar-refractivity contribution in [2.75, 3.05) is 19.6 Å². The molecule has 3 nitrogen and oxygen atoms in total. The molecule has 2 aromatic rings. The summed E-state index contributed by atoms with van der Waals surface area (Å²) < 4.78 is 13.6. The number of carbonyl (C=O) groups is 1. The second-order valence-corrected chi connectivity index (χ2v) is 6.11. The first kappa shape index (κ1) is 16.0. The van der Waals surface area contributed by atoms with E-state index in [2.05, 4.69) is 28.4 Å². The summed E-state index contributed by atoms with van der Waals surface area (Å²) in [6, 6.07) is 12.4. The molecule has 1 N–H and O–H groups in total. The third-order valence-electron chi connectivity index (χ3n) is 4.10. The van der Waals surface area contributed by atoms with Crippen LogP contribution in [0.25, 0.3) is 0 Å². The summed E-state index contributed by atoms with van der Waals surface area (Å²) >= 11 is 5.81. The Morgan fingerprint density at radius 3 is 2.83 bits per heavy atom. The second kappa shape index (κ2) is 7.11. The van der Waals surface area contributed by atoms with Crippen LogP contribution in [0.5, 0.6) is 0 Å². The summed E-state index contributed by atoms with van der Waals surface area (Å²) in [6.07, 6.45) is 1.02. The Kier molecular flexibility index (Phi) is 4.94. The van der Waals surface area contributed by atoms with E-state index in [9.17, 15) is 9.18 Å². The van der Waals surface area contributed by atoms with E-state index in [4.69, 9.17) is 11.6 Å². The molecule has 5 heteroatoms. The van der Waals surface area contributed by atoms with Crippen LogP contribution in [0.3, 0.4) is 0 Å². The number of amides is 1. The molecule has 1 aliphatic rings. The molecule has 0 fully saturated rings. The van der Waals surface area contributed by atoms with Gasteiger partial charge in [-0.05, 0) is 35.7 Å². The normalized spacial score (nSPS) is 14.3. The molecule has 120 valence electrons. The Hall–Kier alpha value is -1.91. The van der Waals surface area contributed by atoms with Crippen LogP contribution < -0.4 is 5.32 Å². The molecule has 0 spiro atoms. The van der Waals surface area contributed by atoms with E-state index in [0.29, 0.717) is 11.6 Å². The standard InChI is InChI=1S/C18H18ClFN2O/c19-15-5-6-17(20)16(11-15)18(23)21-8-10-22-9-7-13-3-1-2-4-14(13)12-22/h1-6,11H,7-10,12H2,(H,21,23). The number of rotatable bonds is 4. The van der Waals surface area contributed by atoms with Gasteiger partial charge in [-0.1, -0.05) is 35.9 Å². The minimum atomic E-state index is -0.557. The lowest BCUT2D eigenvalue weighted by Crippen LogP contribution is -2.38. The van der Waals surface area contributed by atoms with Crippen LogP contribution >= 0.6 is 11.6 Å².